The largest absolute Gasteiger partial charge is 0.352 e. The summed E-state index contributed by atoms with van der Waals surface area (Å²) < 4.78 is 0. The van der Waals surface area contributed by atoms with Gasteiger partial charge in [0.25, 0.3) is 5.91 Å². The van der Waals surface area contributed by atoms with Crippen molar-refractivity contribution in [3.63, 3.8) is 0 Å². The van der Waals surface area contributed by atoms with Gasteiger partial charge in [0.15, 0.2) is 0 Å². The number of aliphatic imine (C=N–C) groups is 3. The predicted molar refractivity (Wildman–Crippen MR) is 181 cm³/mol. The smallest absolute Gasteiger partial charge is 0.251 e. The van der Waals surface area contributed by atoms with Crippen molar-refractivity contribution in [2.75, 3.05) is 52.4 Å². The lowest BCUT2D eigenvalue weighted by Gasteiger charge is -2.14. The summed E-state index contributed by atoms with van der Waals surface area (Å²) in [5, 5.41) is 10.0. The van der Waals surface area contributed by atoms with Gasteiger partial charge in [0.1, 0.15) is 0 Å². The normalized spacial score (nSPS) is 17.5. The highest BCUT2D eigenvalue weighted by molar-refractivity contribution is 5.94. The first kappa shape index (κ1) is 31.7. The van der Waals surface area contributed by atoms with Crippen molar-refractivity contribution in [1.82, 2.24) is 16.0 Å². The molecule has 0 saturated heterocycles. The van der Waals surface area contributed by atoms with E-state index in [4.69, 9.17) is 0 Å². The van der Waals surface area contributed by atoms with Crippen LogP contribution in [0.1, 0.15) is 51.9 Å². The molecule has 0 radical (unpaired) electrons. The van der Waals surface area contributed by atoms with Crippen LogP contribution in [0.5, 0.6) is 0 Å². The minimum Gasteiger partial charge on any atom is -0.352 e. The van der Waals surface area contributed by atoms with Crippen molar-refractivity contribution in [3.05, 3.63) is 113 Å². The molecule has 43 heavy (non-hydrogen) atoms. The van der Waals surface area contributed by atoms with E-state index in [9.17, 15) is 4.79 Å². The third-order valence-electron chi connectivity index (χ3n) is 7.14. The highest BCUT2D eigenvalue weighted by Gasteiger charge is 2.07. The van der Waals surface area contributed by atoms with E-state index in [1.165, 1.54) is 5.56 Å². The van der Waals surface area contributed by atoms with E-state index in [-0.39, 0.29) is 5.91 Å². The number of hydrogen-bond donors (Lipinski definition) is 3. The summed E-state index contributed by atoms with van der Waals surface area (Å²) in [5.41, 5.74) is 5.17. The molecule has 3 N–H and O–H groups in total. The number of nitrogens with one attached hydrogen (secondary N) is 3. The van der Waals surface area contributed by atoms with Crippen molar-refractivity contribution < 1.29 is 4.79 Å². The van der Waals surface area contributed by atoms with Crippen LogP contribution in [0.3, 0.4) is 0 Å². The summed E-state index contributed by atoms with van der Waals surface area (Å²) in [6, 6.07) is 26.2. The highest BCUT2D eigenvalue weighted by atomic mass is 16.1. The molecule has 1 amide bonds. The van der Waals surface area contributed by atoms with Crippen LogP contribution in [0.2, 0.25) is 0 Å². The number of nitrogens with zero attached hydrogens (tertiary/aromatic N) is 3. The molecule has 1 unspecified atom stereocenters. The second-order valence-electron chi connectivity index (χ2n) is 10.6. The van der Waals surface area contributed by atoms with Crippen LogP contribution in [0.4, 0.5) is 0 Å². The minimum absolute atomic E-state index is 0.0108. The second kappa shape index (κ2) is 19.1. The Hall–Kier alpha value is -4.20. The lowest BCUT2D eigenvalue weighted by molar-refractivity contribution is 0.0953. The van der Waals surface area contributed by atoms with Gasteiger partial charge in [-0.15, -0.1) is 0 Å². The van der Waals surface area contributed by atoms with E-state index in [1.807, 2.05) is 49.0 Å². The van der Waals surface area contributed by atoms with Crippen LogP contribution in [-0.2, 0) is 0 Å². The summed E-state index contributed by atoms with van der Waals surface area (Å²) in [6.45, 7) is 6.24. The van der Waals surface area contributed by atoms with Crippen molar-refractivity contribution in [2.45, 2.75) is 19.3 Å². The lowest BCUT2D eigenvalue weighted by atomic mass is 9.99. The van der Waals surface area contributed by atoms with E-state index in [1.54, 1.807) is 0 Å². The number of amides is 1. The number of rotatable bonds is 6. The van der Waals surface area contributed by atoms with Crippen LogP contribution in [0.25, 0.3) is 6.08 Å². The molecule has 0 aliphatic carbocycles. The Bertz CT molecular complexity index is 1330. The van der Waals surface area contributed by atoms with Crippen molar-refractivity contribution in [3.8, 4) is 0 Å². The first-order chi connectivity index (χ1) is 21.3. The molecule has 4 bridgehead atoms. The van der Waals surface area contributed by atoms with Crippen molar-refractivity contribution in [2.24, 2.45) is 20.9 Å². The molecule has 7 nitrogen and oxygen atoms in total. The second-order valence-corrected chi connectivity index (χ2v) is 10.6. The third kappa shape index (κ3) is 12.7. The Kier molecular flexibility index (Phi) is 14.1. The summed E-state index contributed by atoms with van der Waals surface area (Å²) in [7, 11) is 0. The molecule has 3 aromatic rings. The molecule has 4 aliphatic heterocycles. The maximum absolute atomic E-state index is 12.3. The average Bonchev–Trinajstić information content (AvgIpc) is 3.05. The highest BCUT2D eigenvalue weighted by Crippen LogP contribution is 2.13. The van der Waals surface area contributed by atoms with Crippen LogP contribution in [-0.4, -0.2) is 76.9 Å². The minimum atomic E-state index is -0.0108. The van der Waals surface area contributed by atoms with Crippen LogP contribution < -0.4 is 16.0 Å². The van der Waals surface area contributed by atoms with E-state index in [0.29, 0.717) is 18.0 Å². The molecule has 7 heteroatoms. The maximum atomic E-state index is 12.3. The first-order valence-electron chi connectivity index (χ1n) is 15.4. The molecule has 4 aliphatic rings. The molecule has 0 fully saturated rings. The zero-order valence-electron chi connectivity index (χ0n) is 25.0. The van der Waals surface area contributed by atoms with Crippen LogP contribution in [0, 0.1) is 5.92 Å². The van der Waals surface area contributed by atoms with Crippen LogP contribution in [0.15, 0.2) is 99.9 Å². The van der Waals surface area contributed by atoms with E-state index < -0.39 is 0 Å². The lowest BCUT2D eigenvalue weighted by Crippen LogP contribution is -2.26. The molecule has 0 saturated carbocycles. The Morgan fingerprint density at radius 2 is 1.21 bits per heavy atom. The topological polar surface area (TPSA) is 90.2 Å². The van der Waals surface area contributed by atoms with Gasteiger partial charge in [0, 0.05) is 56.9 Å². The summed E-state index contributed by atoms with van der Waals surface area (Å²) in [4.78, 5) is 26.0. The summed E-state index contributed by atoms with van der Waals surface area (Å²) in [6.07, 6.45) is 13.3. The first-order valence-corrected chi connectivity index (χ1v) is 15.4. The fourth-order valence-corrected chi connectivity index (χ4v) is 4.65. The van der Waals surface area contributed by atoms with E-state index in [0.717, 1.165) is 81.8 Å². The van der Waals surface area contributed by atoms with Crippen molar-refractivity contribution in [1.29, 1.82) is 0 Å². The quantitative estimate of drug-likeness (QED) is 0.358. The zero-order chi connectivity index (χ0) is 29.8. The molecular formula is C36H44N6O. The van der Waals surface area contributed by atoms with Gasteiger partial charge in [-0.05, 0) is 53.1 Å². The van der Waals surface area contributed by atoms with Gasteiger partial charge in [-0.25, -0.2) is 0 Å². The predicted octanol–water partition coefficient (Wildman–Crippen LogP) is 5.07. The number of unbranched alkanes of at least 4 members (excludes halogenated alkanes) is 1. The average molecular weight is 577 g/mol. The number of benzene rings is 3. The van der Waals surface area contributed by atoms with E-state index in [2.05, 4.69) is 91.6 Å². The molecule has 0 aromatic heterocycles. The fourth-order valence-electron chi connectivity index (χ4n) is 4.65. The van der Waals surface area contributed by atoms with Gasteiger partial charge in [-0.2, -0.15) is 0 Å². The van der Waals surface area contributed by atoms with Gasteiger partial charge in [0.2, 0.25) is 0 Å². The Balaban J connectivity index is 1.32. The molecular weight excluding hydrogens is 532 g/mol. The van der Waals surface area contributed by atoms with Gasteiger partial charge < -0.3 is 16.0 Å². The number of carbonyl (C=O) groups is 1. The Morgan fingerprint density at radius 1 is 0.674 bits per heavy atom. The monoisotopic (exact) mass is 576 g/mol. The molecule has 224 valence electrons. The summed E-state index contributed by atoms with van der Waals surface area (Å²) in [5.74, 6) is 0.374. The molecule has 1 atom stereocenters. The summed E-state index contributed by atoms with van der Waals surface area (Å²) >= 11 is 0. The van der Waals surface area contributed by atoms with Gasteiger partial charge in [-0.1, -0.05) is 85.3 Å². The zero-order valence-corrected chi connectivity index (χ0v) is 25.0. The molecule has 3 aromatic carbocycles. The van der Waals surface area contributed by atoms with Crippen molar-refractivity contribution >= 4 is 30.6 Å². The third-order valence-corrected chi connectivity index (χ3v) is 7.14. The molecule has 0 spiro atoms. The standard InChI is InChI=1S/C36H44N6O/c43-36(35-7-2-1-3-8-35)42-19-5-4-6-31-12-9-30-10-13-32(14-11-30)27-38-22-20-37-21-23-39-28-33-15-17-34(18-16-33)29-41-25-24-40-26-31/h1-3,7-18,27-29,31,37,40H,4-6,19-26H2,(H,42,43)/b12-9+,38-27?,39-28?,41-29?. The Labute approximate surface area is 256 Å². The maximum Gasteiger partial charge on any atom is 0.251 e. The molecule has 7 rings (SSSR count). The van der Waals surface area contributed by atoms with Crippen LogP contribution >= 0.6 is 0 Å². The van der Waals surface area contributed by atoms with Gasteiger partial charge in [0.05, 0.1) is 19.6 Å². The Morgan fingerprint density at radius 3 is 1.79 bits per heavy atom. The number of carbonyl (C=O) groups excluding carboxylic acids is 1. The SMILES string of the molecule is O=C(NCCCCC1/C=C/c2ccc(cc2)C=NCCNCCN=Cc2ccc(cc2)C=NCCNC1)c1ccccc1. The van der Waals surface area contributed by atoms with Gasteiger partial charge >= 0.3 is 0 Å². The van der Waals surface area contributed by atoms with E-state index >= 15 is 0 Å². The van der Waals surface area contributed by atoms with Gasteiger partial charge in [-0.3, -0.25) is 19.8 Å². The number of hydrogen-bond acceptors (Lipinski definition) is 6. The molecule has 4 heterocycles. The fraction of sp³-hybridized carbons (Fsp3) is 0.333.